The number of rotatable bonds is 7. The molecule has 0 aliphatic heterocycles. The molecule has 0 aliphatic carbocycles. The van der Waals surface area contributed by atoms with E-state index in [4.69, 9.17) is 4.74 Å². The number of nitrogens with one attached hydrogen (secondary N) is 2. The van der Waals surface area contributed by atoms with Gasteiger partial charge < -0.3 is 15.2 Å². The Balaban J connectivity index is 1.86. The third-order valence-corrected chi connectivity index (χ3v) is 2.83. The summed E-state index contributed by atoms with van der Waals surface area (Å²) in [6, 6.07) is 9.47. The number of aliphatic hydroxyl groups is 1. The topological polar surface area (TPSA) is 70.2 Å². The van der Waals surface area contributed by atoms with Gasteiger partial charge in [-0.3, -0.25) is 5.10 Å². The Morgan fingerprint density at radius 1 is 1.35 bits per heavy atom. The first-order valence-corrected chi connectivity index (χ1v) is 6.79. The Bertz CT molecular complexity index is 512. The molecule has 0 aliphatic rings. The first-order chi connectivity index (χ1) is 9.65. The van der Waals surface area contributed by atoms with Crippen molar-refractivity contribution in [2.24, 2.45) is 0 Å². The third kappa shape index (κ3) is 4.36. The Hall–Kier alpha value is -1.85. The van der Waals surface area contributed by atoms with Crippen molar-refractivity contribution in [2.45, 2.75) is 32.6 Å². The van der Waals surface area contributed by atoms with E-state index in [-0.39, 0.29) is 6.10 Å². The van der Waals surface area contributed by atoms with E-state index in [1.165, 1.54) is 0 Å². The molecule has 1 unspecified atom stereocenters. The van der Waals surface area contributed by atoms with Crippen LogP contribution >= 0.6 is 0 Å². The number of aromatic amines is 1. The Morgan fingerprint density at radius 3 is 2.90 bits per heavy atom. The number of hydrogen-bond acceptors (Lipinski definition) is 4. The van der Waals surface area contributed by atoms with Gasteiger partial charge in [0.25, 0.3) is 0 Å². The maximum Gasteiger partial charge on any atom is 0.120 e. The van der Waals surface area contributed by atoms with Gasteiger partial charge in [-0.25, -0.2) is 0 Å². The van der Waals surface area contributed by atoms with Crippen LogP contribution in [0.1, 0.15) is 31.2 Å². The molecule has 0 spiro atoms. The highest BCUT2D eigenvalue weighted by Gasteiger charge is 2.09. The fraction of sp³-hybridized carbons (Fsp3) is 0.400. The molecule has 0 saturated heterocycles. The van der Waals surface area contributed by atoms with Gasteiger partial charge in [0.15, 0.2) is 0 Å². The van der Waals surface area contributed by atoms with Gasteiger partial charge in [0.2, 0.25) is 0 Å². The van der Waals surface area contributed by atoms with E-state index in [1.807, 2.05) is 44.2 Å². The highest BCUT2D eigenvalue weighted by Crippen LogP contribution is 2.19. The van der Waals surface area contributed by atoms with E-state index in [0.717, 1.165) is 17.0 Å². The zero-order valence-electron chi connectivity index (χ0n) is 11.8. The molecular weight excluding hydrogens is 254 g/mol. The Labute approximate surface area is 119 Å². The van der Waals surface area contributed by atoms with Crippen LogP contribution in [0.3, 0.4) is 0 Å². The van der Waals surface area contributed by atoms with Crippen LogP contribution < -0.4 is 10.1 Å². The predicted octanol–water partition coefficient (Wildman–Crippen LogP) is 2.02. The van der Waals surface area contributed by atoms with Gasteiger partial charge in [0, 0.05) is 25.0 Å². The number of nitrogens with zero attached hydrogens (tertiary/aromatic N) is 1. The summed E-state index contributed by atoms with van der Waals surface area (Å²) in [5, 5.41) is 20.1. The summed E-state index contributed by atoms with van der Waals surface area (Å²) in [4.78, 5) is 0. The number of aliphatic hydroxyl groups excluding tert-OH is 1. The zero-order valence-corrected chi connectivity index (χ0v) is 11.8. The highest BCUT2D eigenvalue weighted by atomic mass is 16.5. The van der Waals surface area contributed by atoms with Crippen LogP contribution in [0.2, 0.25) is 0 Å². The normalized spacial score (nSPS) is 12.6. The van der Waals surface area contributed by atoms with Crippen molar-refractivity contribution in [3.05, 3.63) is 47.8 Å². The van der Waals surface area contributed by atoms with Crippen LogP contribution in [-0.4, -0.2) is 28.0 Å². The minimum atomic E-state index is -0.561. The van der Waals surface area contributed by atoms with Gasteiger partial charge in [-0.15, -0.1) is 0 Å². The SMILES string of the molecule is CC(C)Oc1cccc(C(O)CNCc2ccn[nH]2)c1. The molecule has 1 aromatic heterocycles. The third-order valence-electron chi connectivity index (χ3n) is 2.83. The monoisotopic (exact) mass is 275 g/mol. The lowest BCUT2D eigenvalue weighted by Gasteiger charge is -2.15. The van der Waals surface area contributed by atoms with Crippen molar-refractivity contribution >= 4 is 0 Å². The second-order valence-electron chi connectivity index (χ2n) is 4.97. The molecule has 108 valence electrons. The van der Waals surface area contributed by atoms with Gasteiger partial charge in [-0.05, 0) is 37.6 Å². The molecule has 20 heavy (non-hydrogen) atoms. The summed E-state index contributed by atoms with van der Waals surface area (Å²) in [6.45, 7) is 5.09. The van der Waals surface area contributed by atoms with E-state index in [1.54, 1.807) is 6.20 Å². The molecule has 0 radical (unpaired) electrons. The van der Waals surface area contributed by atoms with Crippen molar-refractivity contribution in [1.82, 2.24) is 15.5 Å². The molecule has 1 heterocycles. The summed E-state index contributed by atoms with van der Waals surface area (Å²) in [5.74, 6) is 0.783. The van der Waals surface area contributed by atoms with Crippen molar-refractivity contribution in [3.8, 4) is 5.75 Å². The minimum Gasteiger partial charge on any atom is -0.491 e. The molecule has 5 heteroatoms. The molecule has 1 aromatic carbocycles. The van der Waals surface area contributed by atoms with E-state index in [0.29, 0.717) is 13.1 Å². The van der Waals surface area contributed by atoms with Gasteiger partial charge in [-0.1, -0.05) is 12.1 Å². The van der Waals surface area contributed by atoms with Gasteiger partial charge in [0.1, 0.15) is 5.75 Å². The summed E-state index contributed by atoms with van der Waals surface area (Å²) in [7, 11) is 0. The van der Waals surface area contributed by atoms with Crippen molar-refractivity contribution < 1.29 is 9.84 Å². The highest BCUT2D eigenvalue weighted by molar-refractivity contribution is 5.30. The number of hydrogen-bond donors (Lipinski definition) is 3. The first kappa shape index (κ1) is 14.6. The number of ether oxygens (including phenoxy) is 1. The molecule has 3 N–H and O–H groups in total. The van der Waals surface area contributed by atoms with E-state index in [2.05, 4.69) is 15.5 Å². The van der Waals surface area contributed by atoms with Crippen LogP contribution in [-0.2, 0) is 6.54 Å². The van der Waals surface area contributed by atoms with Crippen LogP contribution in [0.15, 0.2) is 36.5 Å². The average Bonchev–Trinajstić information content (AvgIpc) is 2.91. The van der Waals surface area contributed by atoms with E-state index < -0.39 is 6.10 Å². The second kappa shape index (κ2) is 7.07. The fourth-order valence-corrected chi connectivity index (χ4v) is 1.91. The molecule has 0 amide bonds. The predicted molar refractivity (Wildman–Crippen MR) is 77.5 cm³/mol. The summed E-state index contributed by atoms with van der Waals surface area (Å²) < 4.78 is 5.62. The molecule has 0 fully saturated rings. The van der Waals surface area contributed by atoms with Crippen molar-refractivity contribution in [1.29, 1.82) is 0 Å². The zero-order chi connectivity index (χ0) is 14.4. The minimum absolute atomic E-state index is 0.126. The van der Waals surface area contributed by atoms with Crippen LogP contribution in [0, 0.1) is 0 Å². The lowest BCUT2D eigenvalue weighted by Crippen LogP contribution is -2.21. The van der Waals surface area contributed by atoms with Crippen LogP contribution in [0.25, 0.3) is 0 Å². The molecule has 2 aromatic rings. The van der Waals surface area contributed by atoms with Crippen LogP contribution in [0.4, 0.5) is 0 Å². The summed E-state index contributed by atoms with van der Waals surface area (Å²) in [5.41, 5.74) is 1.84. The van der Waals surface area contributed by atoms with Gasteiger partial charge >= 0.3 is 0 Å². The molecule has 2 rings (SSSR count). The summed E-state index contributed by atoms with van der Waals surface area (Å²) >= 11 is 0. The first-order valence-electron chi connectivity index (χ1n) is 6.79. The Morgan fingerprint density at radius 2 is 2.20 bits per heavy atom. The van der Waals surface area contributed by atoms with Crippen LogP contribution in [0.5, 0.6) is 5.75 Å². The van der Waals surface area contributed by atoms with Gasteiger partial charge in [-0.2, -0.15) is 5.10 Å². The Kier molecular flexibility index (Phi) is 5.15. The van der Waals surface area contributed by atoms with Crippen molar-refractivity contribution in [2.75, 3.05) is 6.54 Å². The number of aromatic nitrogens is 2. The second-order valence-corrected chi connectivity index (χ2v) is 4.97. The van der Waals surface area contributed by atoms with Gasteiger partial charge in [0.05, 0.1) is 12.2 Å². The lowest BCUT2D eigenvalue weighted by molar-refractivity contribution is 0.173. The maximum atomic E-state index is 10.2. The lowest BCUT2D eigenvalue weighted by atomic mass is 10.1. The standard InChI is InChI=1S/C15H21N3O2/c1-11(2)20-14-5-3-4-12(8-14)15(19)10-16-9-13-6-7-17-18-13/h3-8,11,15-16,19H,9-10H2,1-2H3,(H,17,18). The smallest absolute Gasteiger partial charge is 0.120 e. The molecular formula is C15H21N3O2. The summed E-state index contributed by atoms with van der Waals surface area (Å²) in [6.07, 6.45) is 1.27. The number of H-pyrrole nitrogens is 1. The van der Waals surface area contributed by atoms with E-state index >= 15 is 0 Å². The molecule has 1 atom stereocenters. The molecule has 0 bridgehead atoms. The number of benzene rings is 1. The molecule has 5 nitrogen and oxygen atoms in total. The van der Waals surface area contributed by atoms with Crippen molar-refractivity contribution in [3.63, 3.8) is 0 Å². The average molecular weight is 275 g/mol. The maximum absolute atomic E-state index is 10.2. The van der Waals surface area contributed by atoms with E-state index in [9.17, 15) is 5.11 Å². The fourth-order valence-electron chi connectivity index (χ4n) is 1.91. The quantitative estimate of drug-likeness (QED) is 0.723. The molecule has 0 saturated carbocycles. The largest absolute Gasteiger partial charge is 0.491 e.